The molecule has 118 valence electrons. The van der Waals surface area contributed by atoms with Crippen molar-refractivity contribution in [3.63, 3.8) is 0 Å². The molecule has 0 radical (unpaired) electrons. The van der Waals surface area contributed by atoms with Gasteiger partial charge in [-0.05, 0) is 38.1 Å². The first-order valence-electron chi connectivity index (χ1n) is 6.92. The van der Waals surface area contributed by atoms with Gasteiger partial charge in [0, 0.05) is 12.7 Å². The van der Waals surface area contributed by atoms with Crippen LogP contribution in [-0.2, 0) is 0 Å². The van der Waals surface area contributed by atoms with Gasteiger partial charge in [-0.2, -0.15) is 0 Å². The molecule has 0 aromatic carbocycles. The van der Waals surface area contributed by atoms with Crippen molar-refractivity contribution in [2.75, 3.05) is 32.0 Å². The summed E-state index contributed by atoms with van der Waals surface area (Å²) in [5, 5.41) is 4.35. The molecule has 0 spiro atoms. The van der Waals surface area contributed by atoms with Crippen LogP contribution in [0.1, 0.15) is 19.3 Å². The van der Waals surface area contributed by atoms with Crippen molar-refractivity contribution in [2.24, 2.45) is 0 Å². The van der Waals surface area contributed by atoms with E-state index in [4.69, 9.17) is 10.5 Å². The van der Waals surface area contributed by atoms with E-state index in [0.29, 0.717) is 18.2 Å². The van der Waals surface area contributed by atoms with E-state index < -0.39 is 0 Å². The zero-order chi connectivity index (χ0) is 13.1. The number of aromatic nitrogens is 2. The van der Waals surface area contributed by atoms with E-state index in [2.05, 4.69) is 10.00 Å². The number of ether oxygens (including phenoxy) is 1. The van der Waals surface area contributed by atoms with Gasteiger partial charge in [0.25, 0.3) is 5.88 Å². The quantitative estimate of drug-likeness (QED) is 0.935. The maximum Gasteiger partial charge on any atom is 0.257 e. The number of anilines is 1. The standard InChI is InChI=1S/C14H20N4O.2ClH/c15-13-12-6-2-5-9-18(12)16-14(13)19-11-10-17-7-3-1-4-8-17;;/h2,5-6,9H,1,3-4,7-8,10-11,15H2;2*1H. The second-order valence-corrected chi connectivity index (χ2v) is 5.00. The molecule has 0 amide bonds. The minimum Gasteiger partial charge on any atom is -0.474 e. The number of piperidine rings is 1. The Bertz CT molecular complexity index is 555. The molecule has 0 saturated carbocycles. The number of hydrogen-bond acceptors (Lipinski definition) is 4. The lowest BCUT2D eigenvalue weighted by Gasteiger charge is -2.25. The molecule has 3 heterocycles. The summed E-state index contributed by atoms with van der Waals surface area (Å²) in [6.45, 7) is 3.97. The normalized spacial score (nSPS) is 15.2. The van der Waals surface area contributed by atoms with E-state index in [1.807, 2.05) is 24.4 Å². The van der Waals surface area contributed by atoms with Gasteiger partial charge in [-0.25, -0.2) is 4.52 Å². The molecule has 2 N–H and O–H groups in total. The number of nitrogens with zero attached hydrogens (tertiary/aromatic N) is 3. The third-order valence-electron chi connectivity index (χ3n) is 3.64. The van der Waals surface area contributed by atoms with Crippen molar-refractivity contribution in [2.45, 2.75) is 19.3 Å². The zero-order valence-corrected chi connectivity index (χ0v) is 13.5. The number of fused-ring (bicyclic) bond motifs is 1. The van der Waals surface area contributed by atoms with Gasteiger partial charge in [0.15, 0.2) is 0 Å². The molecule has 0 aliphatic carbocycles. The number of halogens is 2. The van der Waals surface area contributed by atoms with Crippen LogP contribution in [0.4, 0.5) is 5.69 Å². The summed E-state index contributed by atoms with van der Waals surface area (Å²) in [5.74, 6) is 0.545. The number of rotatable bonds is 4. The Kier molecular flexibility index (Phi) is 7.08. The summed E-state index contributed by atoms with van der Waals surface area (Å²) in [4.78, 5) is 2.44. The Hall–Kier alpha value is -1.17. The lowest BCUT2D eigenvalue weighted by atomic mass is 10.1. The number of nitrogen functional groups attached to an aromatic ring is 1. The number of hydrogen-bond donors (Lipinski definition) is 1. The monoisotopic (exact) mass is 332 g/mol. The molecule has 2 aromatic rings. The van der Waals surface area contributed by atoms with Crippen LogP contribution >= 0.6 is 24.8 Å². The molecule has 5 nitrogen and oxygen atoms in total. The predicted octanol–water partition coefficient (Wildman–Crippen LogP) is 2.62. The molecule has 2 aromatic heterocycles. The van der Waals surface area contributed by atoms with E-state index in [-0.39, 0.29) is 24.8 Å². The smallest absolute Gasteiger partial charge is 0.257 e. The molecular formula is C14H22Cl2N4O. The second-order valence-electron chi connectivity index (χ2n) is 5.00. The fourth-order valence-electron chi connectivity index (χ4n) is 2.56. The van der Waals surface area contributed by atoms with Crippen LogP contribution in [0.5, 0.6) is 5.88 Å². The lowest BCUT2D eigenvalue weighted by molar-refractivity contribution is 0.180. The van der Waals surface area contributed by atoms with Crippen molar-refractivity contribution >= 4 is 36.0 Å². The molecule has 1 fully saturated rings. The summed E-state index contributed by atoms with van der Waals surface area (Å²) in [6, 6.07) is 5.82. The lowest BCUT2D eigenvalue weighted by Crippen LogP contribution is -2.33. The van der Waals surface area contributed by atoms with Gasteiger partial charge < -0.3 is 10.5 Å². The maximum atomic E-state index is 6.04. The highest BCUT2D eigenvalue weighted by molar-refractivity contribution is 5.85. The average molecular weight is 333 g/mol. The predicted molar refractivity (Wildman–Crippen MR) is 89.9 cm³/mol. The molecule has 1 saturated heterocycles. The van der Waals surface area contributed by atoms with E-state index >= 15 is 0 Å². The van der Waals surface area contributed by atoms with Crippen molar-refractivity contribution in [1.82, 2.24) is 14.5 Å². The Morgan fingerprint density at radius 2 is 1.90 bits per heavy atom. The van der Waals surface area contributed by atoms with Crippen LogP contribution < -0.4 is 10.5 Å². The summed E-state index contributed by atoms with van der Waals surface area (Å²) >= 11 is 0. The van der Waals surface area contributed by atoms with Gasteiger partial charge >= 0.3 is 0 Å². The molecule has 3 rings (SSSR count). The summed E-state index contributed by atoms with van der Waals surface area (Å²) in [5.41, 5.74) is 7.56. The van der Waals surface area contributed by atoms with Crippen LogP contribution in [-0.4, -0.2) is 40.8 Å². The van der Waals surface area contributed by atoms with E-state index in [1.165, 1.54) is 32.4 Å². The second kappa shape index (κ2) is 8.32. The van der Waals surface area contributed by atoms with Gasteiger partial charge in [-0.15, -0.1) is 29.9 Å². The van der Waals surface area contributed by atoms with Gasteiger partial charge in [0.05, 0.1) is 5.52 Å². The van der Waals surface area contributed by atoms with E-state index in [1.54, 1.807) is 4.52 Å². The van der Waals surface area contributed by atoms with Crippen LogP contribution in [0, 0.1) is 0 Å². The fraction of sp³-hybridized carbons (Fsp3) is 0.500. The third-order valence-corrected chi connectivity index (χ3v) is 3.64. The molecule has 1 aliphatic rings. The first kappa shape index (κ1) is 17.9. The van der Waals surface area contributed by atoms with Crippen LogP contribution in [0.2, 0.25) is 0 Å². The molecule has 0 unspecified atom stereocenters. The topological polar surface area (TPSA) is 55.8 Å². The van der Waals surface area contributed by atoms with Gasteiger partial charge in [-0.1, -0.05) is 12.5 Å². The van der Waals surface area contributed by atoms with Crippen LogP contribution in [0.15, 0.2) is 24.4 Å². The number of pyridine rings is 1. The third kappa shape index (κ3) is 4.15. The molecule has 0 bridgehead atoms. The van der Waals surface area contributed by atoms with Crippen molar-refractivity contribution < 1.29 is 4.74 Å². The molecule has 7 heteroatoms. The van der Waals surface area contributed by atoms with Gasteiger partial charge in [-0.3, -0.25) is 4.90 Å². The van der Waals surface area contributed by atoms with E-state index in [0.717, 1.165) is 12.1 Å². The van der Waals surface area contributed by atoms with Crippen LogP contribution in [0.25, 0.3) is 5.52 Å². The minimum atomic E-state index is 0. The molecule has 1 aliphatic heterocycles. The maximum absolute atomic E-state index is 6.04. The summed E-state index contributed by atoms with van der Waals surface area (Å²) < 4.78 is 7.48. The minimum absolute atomic E-state index is 0. The number of likely N-dealkylation sites (tertiary alicyclic amines) is 1. The SMILES string of the molecule is Cl.Cl.Nc1c(OCCN2CCCCC2)nn2ccccc12. The van der Waals surface area contributed by atoms with Crippen molar-refractivity contribution in [3.05, 3.63) is 24.4 Å². The van der Waals surface area contributed by atoms with Gasteiger partial charge in [0.2, 0.25) is 0 Å². The average Bonchev–Trinajstić information content (AvgIpc) is 2.78. The fourth-order valence-corrected chi connectivity index (χ4v) is 2.56. The molecule has 0 atom stereocenters. The van der Waals surface area contributed by atoms with E-state index in [9.17, 15) is 0 Å². The first-order valence-corrected chi connectivity index (χ1v) is 6.92. The summed E-state index contributed by atoms with van der Waals surface area (Å²) in [7, 11) is 0. The largest absolute Gasteiger partial charge is 0.474 e. The number of nitrogens with two attached hydrogens (primary N) is 1. The summed E-state index contributed by atoms with van der Waals surface area (Å²) in [6.07, 6.45) is 5.84. The Balaban J connectivity index is 0.00000110. The molecule has 21 heavy (non-hydrogen) atoms. The Morgan fingerprint density at radius 3 is 2.62 bits per heavy atom. The van der Waals surface area contributed by atoms with Gasteiger partial charge in [0.1, 0.15) is 12.3 Å². The van der Waals surface area contributed by atoms with Crippen LogP contribution in [0.3, 0.4) is 0 Å². The Morgan fingerprint density at radius 1 is 1.14 bits per heavy atom. The first-order chi connectivity index (χ1) is 9.34. The highest BCUT2D eigenvalue weighted by Crippen LogP contribution is 2.24. The zero-order valence-electron chi connectivity index (χ0n) is 11.9. The highest BCUT2D eigenvalue weighted by Gasteiger charge is 2.12. The molecular weight excluding hydrogens is 311 g/mol. The highest BCUT2D eigenvalue weighted by atomic mass is 35.5. The van der Waals surface area contributed by atoms with Crippen molar-refractivity contribution in [1.29, 1.82) is 0 Å². The Labute approximate surface area is 137 Å². The van der Waals surface area contributed by atoms with Crippen molar-refractivity contribution in [3.8, 4) is 5.88 Å².